The van der Waals surface area contributed by atoms with Crippen LogP contribution in [-0.4, -0.2) is 18.2 Å². The minimum atomic E-state index is -0.272. The highest BCUT2D eigenvalue weighted by Crippen LogP contribution is 2.73. The zero-order valence-electron chi connectivity index (χ0n) is 11.4. The third-order valence-electron chi connectivity index (χ3n) is 5.46. The zero-order valence-corrected chi connectivity index (χ0v) is 11.4. The van der Waals surface area contributed by atoms with Gasteiger partial charge < -0.3 is 9.26 Å². The summed E-state index contributed by atoms with van der Waals surface area (Å²) in [7, 11) is 1.44. The molecule has 0 saturated heterocycles. The molecule has 0 aliphatic heterocycles. The van der Waals surface area contributed by atoms with Gasteiger partial charge in [0.05, 0.1) is 7.11 Å². The van der Waals surface area contributed by atoms with Crippen LogP contribution < -0.4 is 0 Å². The van der Waals surface area contributed by atoms with Crippen LogP contribution in [0, 0.1) is 11.3 Å². The van der Waals surface area contributed by atoms with Crippen molar-refractivity contribution in [3.63, 3.8) is 0 Å². The van der Waals surface area contributed by atoms with E-state index in [0.717, 1.165) is 24.3 Å². The lowest BCUT2D eigenvalue weighted by Crippen LogP contribution is -2.08. The standard InChI is InChI=1S/C15H19NO3/c1-15-7-3-4-9(15)11(15)12-10(14(17)18-2)13(19-16-12)8-5-6-8/h8-9,11H,3-7H2,1-2H3. The molecule has 0 radical (unpaired) electrons. The maximum absolute atomic E-state index is 12.1. The lowest BCUT2D eigenvalue weighted by molar-refractivity contribution is 0.0596. The quantitative estimate of drug-likeness (QED) is 0.784. The van der Waals surface area contributed by atoms with Crippen LogP contribution in [0.1, 0.15) is 72.7 Å². The molecule has 4 nitrogen and oxygen atoms in total. The summed E-state index contributed by atoms with van der Waals surface area (Å²) < 4.78 is 10.5. The first-order chi connectivity index (χ1) is 9.16. The predicted octanol–water partition coefficient (Wildman–Crippen LogP) is 3.24. The highest BCUT2D eigenvalue weighted by molar-refractivity contribution is 5.92. The SMILES string of the molecule is COC(=O)c1c(C2C3CCCC32C)noc1C1CC1. The van der Waals surface area contributed by atoms with Crippen molar-refractivity contribution in [3.05, 3.63) is 17.0 Å². The molecule has 4 rings (SSSR count). The average Bonchev–Trinajstić information content (AvgIpc) is 3.25. The van der Waals surface area contributed by atoms with Crippen molar-refractivity contribution in [2.45, 2.75) is 50.9 Å². The van der Waals surface area contributed by atoms with Crippen LogP contribution in [0.3, 0.4) is 0 Å². The number of methoxy groups -OCH3 is 1. The van der Waals surface area contributed by atoms with Gasteiger partial charge in [0.2, 0.25) is 0 Å². The second-order valence-electron chi connectivity index (χ2n) is 6.56. The number of aromatic nitrogens is 1. The molecule has 3 unspecified atom stereocenters. The van der Waals surface area contributed by atoms with Crippen molar-refractivity contribution in [2.75, 3.05) is 7.11 Å². The summed E-state index contributed by atoms with van der Waals surface area (Å²) in [5, 5.41) is 4.26. The highest BCUT2D eigenvalue weighted by atomic mass is 16.5. The fourth-order valence-electron chi connectivity index (χ4n) is 4.16. The van der Waals surface area contributed by atoms with Crippen LogP contribution in [0.2, 0.25) is 0 Å². The molecular weight excluding hydrogens is 242 g/mol. The molecule has 3 atom stereocenters. The molecule has 3 saturated carbocycles. The van der Waals surface area contributed by atoms with E-state index in [0.29, 0.717) is 28.7 Å². The van der Waals surface area contributed by atoms with Gasteiger partial charge in [0, 0.05) is 11.8 Å². The smallest absolute Gasteiger partial charge is 0.343 e. The molecule has 0 N–H and O–H groups in total. The summed E-state index contributed by atoms with van der Waals surface area (Å²) >= 11 is 0. The van der Waals surface area contributed by atoms with E-state index in [1.54, 1.807) is 0 Å². The maximum atomic E-state index is 12.1. The van der Waals surface area contributed by atoms with Gasteiger partial charge in [0.1, 0.15) is 11.3 Å². The molecule has 1 aromatic rings. The summed E-state index contributed by atoms with van der Waals surface area (Å²) in [5.74, 6) is 1.99. The van der Waals surface area contributed by atoms with E-state index < -0.39 is 0 Å². The molecule has 19 heavy (non-hydrogen) atoms. The Bertz CT molecular complexity index is 546. The topological polar surface area (TPSA) is 52.3 Å². The van der Waals surface area contributed by atoms with Gasteiger partial charge in [-0.25, -0.2) is 4.79 Å². The first-order valence-electron chi connectivity index (χ1n) is 7.24. The number of carbonyl (C=O) groups excluding carboxylic acids is 1. The first-order valence-corrected chi connectivity index (χ1v) is 7.24. The average molecular weight is 261 g/mol. The molecule has 1 heterocycles. The van der Waals surface area contributed by atoms with Gasteiger partial charge in [-0.15, -0.1) is 0 Å². The van der Waals surface area contributed by atoms with Crippen LogP contribution >= 0.6 is 0 Å². The molecule has 3 aliphatic carbocycles. The second-order valence-corrected chi connectivity index (χ2v) is 6.56. The van der Waals surface area contributed by atoms with Crippen molar-refractivity contribution >= 4 is 5.97 Å². The van der Waals surface area contributed by atoms with E-state index in [-0.39, 0.29) is 5.97 Å². The lowest BCUT2D eigenvalue weighted by atomic mass is 9.97. The minimum absolute atomic E-state index is 0.272. The number of carbonyl (C=O) groups is 1. The van der Waals surface area contributed by atoms with Gasteiger partial charge in [0.15, 0.2) is 5.76 Å². The van der Waals surface area contributed by atoms with Gasteiger partial charge in [0.25, 0.3) is 0 Å². The van der Waals surface area contributed by atoms with Crippen molar-refractivity contribution in [1.29, 1.82) is 0 Å². The van der Waals surface area contributed by atoms with Gasteiger partial charge in [-0.2, -0.15) is 0 Å². The number of nitrogens with zero attached hydrogens (tertiary/aromatic N) is 1. The summed E-state index contributed by atoms with van der Waals surface area (Å²) in [5.41, 5.74) is 1.87. The minimum Gasteiger partial charge on any atom is -0.465 e. The molecular formula is C15H19NO3. The fraction of sp³-hybridized carbons (Fsp3) is 0.733. The van der Waals surface area contributed by atoms with Crippen molar-refractivity contribution in [2.24, 2.45) is 11.3 Å². The van der Waals surface area contributed by atoms with E-state index in [1.807, 2.05) is 0 Å². The van der Waals surface area contributed by atoms with Gasteiger partial charge in [-0.05, 0) is 37.0 Å². The largest absolute Gasteiger partial charge is 0.465 e. The number of esters is 1. The van der Waals surface area contributed by atoms with Crippen LogP contribution in [0.25, 0.3) is 0 Å². The third kappa shape index (κ3) is 1.46. The first kappa shape index (κ1) is 11.5. The van der Waals surface area contributed by atoms with E-state index in [2.05, 4.69) is 12.1 Å². The molecule has 3 fully saturated rings. The number of rotatable bonds is 3. The molecule has 0 aromatic carbocycles. The van der Waals surface area contributed by atoms with Gasteiger partial charge in [-0.1, -0.05) is 18.5 Å². The Labute approximate surface area is 112 Å². The zero-order chi connectivity index (χ0) is 13.2. The molecule has 0 spiro atoms. The molecule has 102 valence electrons. The molecule has 1 aromatic heterocycles. The monoisotopic (exact) mass is 261 g/mol. The Balaban J connectivity index is 1.74. The summed E-state index contributed by atoms with van der Waals surface area (Å²) in [4.78, 5) is 12.1. The van der Waals surface area contributed by atoms with Crippen LogP contribution in [0.15, 0.2) is 4.52 Å². The number of ether oxygens (including phenoxy) is 1. The lowest BCUT2D eigenvalue weighted by Gasteiger charge is -2.07. The Morgan fingerprint density at radius 3 is 2.79 bits per heavy atom. The Morgan fingerprint density at radius 2 is 2.21 bits per heavy atom. The molecule has 0 bridgehead atoms. The Hall–Kier alpha value is -1.32. The van der Waals surface area contributed by atoms with E-state index in [1.165, 1.54) is 26.4 Å². The third-order valence-corrected chi connectivity index (χ3v) is 5.46. The Morgan fingerprint density at radius 1 is 1.42 bits per heavy atom. The van der Waals surface area contributed by atoms with Crippen molar-refractivity contribution in [3.8, 4) is 0 Å². The molecule has 0 amide bonds. The predicted molar refractivity (Wildman–Crippen MR) is 68.0 cm³/mol. The van der Waals surface area contributed by atoms with Crippen LogP contribution in [0.5, 0.6) is 0 Å². The van der Waals surface area contributed by atoms with Gasteiger partial charge >= 0.3 is 5.97 Å². The normalized spacial score (nSPS) is 36.1. The summed E-state index contributed by atoms with van der Waals surface area (Å²) in [6.07, 6.45) is 6.01. The molecule has 4 heteroatoms. The van der Waals surface area contributed by atoms with Crippen molar-refractivity contribution < 1.29 is 14.1 Å². The van der Waals surface area contributed by atoms with E-state index in [9.17, 15) is 4.79 Å². The van der Waals surface area contributed by atoms with E-state index in [4.69, 9.17) is 9.26 Å². The number of hydrogen-bond acceptors (Lipinski definition) is 4. The number of fused-ring (bicyclic) bond motifs is 1. The van der Waals surface area contributed by atoms with Crippen LogP contribution in [0.4, 0.5) is 0 Å². The van der Waals surface area contributed by atoms with Crippen LogP contribution in [-0.2, 0) is 4.74 Å². The maximum Gasteiger partial charge on any atom is 0.343 e. The Kier molecular flexibility index (Phi) is 2.19. The fourth-order valence-corrected chi connectivity index (χ4v) is 4.16. The van der Waals surface area contributed by atoms with Gasteiger partial charge in [-0.3, -0.25) is 0 Å². The highest BCUT2D eigenvalue weighted by Gasteiger charge is 2.65. The number of hydrogen-bond donors (Lipinski definition) is 0. The molecule has 3 aliphatic rings. The second kappa shape index (κ2) is 3.62. The van der Waals surface area contributed by atoms with Crippen molar-refractivity contribution in [1.82, 2.24) is 5.16 Å². The summed E-state index contributed by atoms with van der Waals surface area (Å²) in [6.45, 7) is 2.32. The van der Waals surface area contributed by atoms with E-state index >= 15 is 0 Å². The summed E-state index contributed by atoms with van der Waals surface area (Å²) in [6, 6.07) is 0.